The maximum absolute atomic E-state index is 4.53. The van der Waals surface area contributed by atoms with Crippen molar-refractivity contribution in [2.24, 2.45) is 0 Å². The summed E-state index contributed by atoms with van der Waals surface area (Å²) in [6.45, 7) is 0. The van der Waals surface area contributed by atoms with Crippen LogP contribution in [0.3, 0.4) is 0 Å². The van der Waals surface area contributed by atoms with E-state index in [-0.39, 0.29) is 0 Å². The van der Waals surface area contributed by atoms with Crippen LogP contribution in [-0.4, -0.2) is 19.8 Å². The third-order valence-corrected chi connectivity index (χ3v) is 3.15. The van der Waals surface area contributed by atoms with Gasteiger partial charge in [0.1, 0.15) is 5.03 Å². The molecular formula is C9H10N4S. The number of fused-ring (bicyclic) bond motifs is 2. The molecule has 4 nitrogen and oxygen atoms in total. The molecule has 0 amide bonds. The van der Waals surface area contributed by atoms with E-state index >= 15 is 0 Å². The largest absolute Gasteiger partial charge is 0.232 e. The van der Waals surface area contributed by atoms with E-state index in [4.69, 9.17) is 0 Å². The van der Waals surface area contributed by atoms with Gasteiger partial charge in [0.15, 0.2) is 5.65 Å². The third kappa shape index (κ3) is 1.05. The summed E-state index contributed by atoms with van der Waals surface area (Å²) in [6, 6.07) is 0. The molecule has 0 radical (unpaired) electrons. The van der Waals surface area contributed by atoms with Crippen LogP contribution >= 0.6 is 12.6 Å². The molecule has 0 unspecified atom stereocenters. The number of hydrogen-bond acceptors (Lipinski definition) is 4. The Morgan fingerprint density at radius 1 is 1.29 bits per heavy atom. The summed E-state index contributed by atoms with van der Waals surface area (Å²) in [6.07, 6.45) is 6.25. The van der Waals surface area contributed by atoms with Gasteiger partial charge in [0.05, 0.1) is 6.20 Å². The Hall–Kier alpha value is -1.10. The summed E-state index contributed by atoms with van der Waals surface area (Å²) in [5.41, 5.74) is 3.23. The second-order valence-corrected chi connectivity index (χ2v) is 4.00. The van der Waals surface area contributed by atoms with Gasteiger partial charge in [-0.1, -0.05) is 5.21 Å². The van der Waals surface area contributed by atoms with Gasteiger partial charge >= 0.3 is 0 Å². The third-order valence-electron chi connectivity index (χ3n) is 2.69. The second-order valence-electron chi connectivity index (χ2n) is 3.57. The molecule has 0 fully saturated rings. The zero-order valence-corrected chi connectivity index (χ0v) is 8.54. The normalized spacial score (nSPS) is 15.8. The van der Waals surface area contributed by atoms with Crippen molar-refractivity contribution < 1.29 is 0 Å². The van der Waals surface area contributed by atoms with Crippen LogP contribution in [0.1, 0.15) is 24.1 Å². The predicted molar refractivity (Wildman–Crippen MR) is 54.7 cm³/mol. The van der Waals surface area contributed by atoms with Crippen molar-refractivity contribution in [1.82, 2.24) is 19.8 Å². The van der Waals surface area contributed by atoms with Crippen molar-refractivity contribution in [1.29, 1.82) is 0 Å². The van der Waals surface area contributed by atoms with Gasteiger partial charge in [-0.15, -0.1) is 17.7 Å². The zero-order valence-electron chi connectivity index (χ0n) is 7.64. The molecule has 0 bridgehead atoms. The van der Waals surface area contributed by atoms with E-state index in [9.17, 15) is 0 Å². The topological polar surface area (TPSA) is 43.1 Å². The highest BCUT2D eigenvalue weighted by Crippen LogP contribution is 2.25. The van der Waals surface area contributed by atoms with Crippen molar-refractivity contribution in [3.05, 3.63) is 17.5 Å². The molecule has 0 aromatic carbocycles. The van der Waals surface area contributed by atoms with E-state index in [0.29, 0.717) is 0 Å². The quantitative estimate of drug-likeness (QED) is 0.522. The molecule has 3 rings (SSSR count). The van der Waals surface area contributed by atoms with Gasteiger partial charge in [0.2, 0.25) is 0 Å². The van der Waals surface area contributed by atoms with Gasteiger partial charge in [0.25, 0.3) is 0 Å². The van der Waals surface area contributed by atoms with Crippen molar-refractivity contribution >= 4 is 18.3 Å². The van der Waals surface area contributed by atoms with Crippen molar-refractivity contribution in [2.75, 3.05) is 0 Å². The van der Waals surface area contributed by atoms with E-state index < -0.39 is 0 Å². The summed E-state index contributed by atoms with van der Waals surface area (Å²) in [5.74, 6) is 0. The molecule has 0 aliphatic heterocycles. The van der Waals surface area contributed by atoms with Crippen molar-refractivity contribution in [3.63, 3.8) is 0 Å². The maximum Gasteiger partial charge on any atom is 0.177 e. The summed E-state index contributed by atoms with van der Waals surface area (Å²) in [5, 5.41) is 8.69. The molecule has 5 heteroatoms. The van der Waals surface area contributed by atoms with Crippen LogP contribution in [0.15, 0.2) is 11.2 Å². The lowest BCUT2D eigenvalue weighted by Gasteiger charge is -2.16. The number of aryl methyl sites for hydroxylation is 1. The van der Waals surface area contributed by atoms with Gasteiger partial charge in [-0.05, 0) is 25.7 Å². The molecule has 0 saturated carbocycles. The first-order valence-electron chi connectivity index (χ1n) is 4.77. The summed E-state index contributed by atoms with van der Waals surface area (Å²) >= 11 is 4.49. The van der Waals surface area contributed by atoms with Gasteiger partial charge < -0.3 is 0 Å². The number of rotatable bonds is 0. The zero-order chi connectivity index (χ0) is 9.54. The fraction of sp³-hybridized carbons (Fsp3) is 0.444. The monoisotopic (exact) mass is 206 g/mol. The predicted octanol–water partition coefficient (Wildman–Crippen LogP) is 1.29. The van der Waals surface area contributed by atoms with E-state index in [1.807, 2.05) is 0 Å². The highest BCUT2D eigenvalue weighted by molar-refractivity contribution is 7.80. The van der Waals surface area contributed by atoms with Crippen LogP contribution in [0.4, 0.5) is 0 Å². The molecule has 0 atom stereocenters. The Bertz CT molecular complexity index is 491. The van der Waals surface area contributed by atoms with Crippen LogP contribution in [0, 0.1) is 0 Å². The molecule has 2 heterocycles. The highest BCUT2D eigenvalue weighted by atomic mass is 32.1. The van der Waals surface area contributed by atoms with Crippen LogP contribution in [-0.2, 0) is 12.8 Å². The Balaban J connectivity index is 2.36. The van der Waals surface area contributed by atoms with Crippen molar-refractivity contribution in [2.45, 2.75) is 30.7 Å². The fourth-order valence-electron chi connectivity index (χ4n) is 1.98. The molecule has 2 aromatic heterocycles. The maximum atomic E-state index is 4.53. The van der Waals surface area contributed by atoms with E-state index in [2.05, 4.69) is 27.9 Å². The standard InChI is InChI=1S/C9H10N4S/c14-9-6-3-1-2-4-7(6)11-8-5-10-12-13(8)9/h5,14H,1-4H2. The first-order valence-corrected chi connectivity index (χ1v) is 5.22. The molecule has 0 spiro atoms. The van der Waals surface area contributed by atoms with Gasteiger partial charge in [-0.25, -0.2) is 4.98 Å². The summed E-state index contributed by atoms with van der Waals surface area (Å²) in [7, 11) is 0. The van der Waals surface area contributed by atoms with Crippen LogP contribution < -0.4 is 0 Å². The minimum absolute atomic E-state index is 0.802. The fourth-order valence-corrected chi connectivity index (χ4v) is 2.36. The molecule has 72 valence electrons. The molecular weight excluding hydrogens is 196 g/mol. The smallest absolute Gasteiger partial charge is 0.177 e. The van der Waals surface area contributed by atoms with Crippen LogP contribution in [0.5, 0.6) is 0 Å². The minimum Gasteiger partial charge on any atom is -0.232 e. The van der Waals surface area contributed by atoms with E-state index in [1.165, 1.54) is 24.1 Å². The van der Waals surface area contributed by atoms with Gasteiger partial charge in [0, 0.05) is 11.3 Å². The molecule has 0 saturated heterocycles. The summed E-state index contributed by atoms with van der Waals surface area (Å²) < 4.78 is 1.70. The minimum atomic E-state index is 0.802. The van der Waals surface area contributed by atoms with Crippen molar-refractivity contribution in [3.8, 4) is 0 Å². The van der Waals surface area contributed by atoms with Crippen LogP contribution in [0.2, 0.25) is 0 Å². The van der Waals surface area contributed by atoms with E-state index in [1.54, 1.807) is 10.7 Å². The Labute approximate surface area is 86.8 Å². The Kier molecular flexibility index (Phi) is 1.73. The lowest BCUT2D eigenvalue weighted by Crippen LogP contribution is -2.10. The lowest BCUT2D eigenvalue weighted by molar-refractivity contribution is 0.632. The summed E-state index contributed by atoms with van der Waals surface area (Å²) in [4.78, 5) is 4.53. The lowest BCUT2D eigenvalue weighted by atomic mass is 9.97. The molecule has 0 N–H and O–H groups in total. The molecule has 1 aliphatic carbocycles. The first-order chi connectivity index (χ1) is 6.86. The first kappa shape index (κ1) is 8.23. The Morgan fingerprint density at radius 3 is 3.07 bits per heavy atom. The van der Waals surface area contributed by atoms with Gasteiger partial charge in [-0.2, -0.15) is 4.52 Å². The number of thiol groups is 1. The average molecular weight is 206 g/mol. The molecule has 1 aliphatic rings. The molecule has 2 aromatic rings. The second kappa shape index (κ2) is 2.95. The molecule has 14 heavy (non-hydrogen) atoms. The number of nitrogens with zero attached hydrogens (tertiary/aromatic N) is 4. The average Bonchev–Trinajstić information content (AvgIpc) is 2.66. The number of aromatic nitrogens is 4. The number of hydrogen-bond donors (Lipinski definition) is 1. The Morgan fingerprint density at radius 2 is 2.14 bits per heavy atom. The van der Waals surface area contributed by atoms with E-state index in [0.717, 1.165) is 23.5 Å². The highest BCUT2D eigenvalue weighted by Gasteiger charge is 2.16. The van der Waals surface area contributed by atoms with Gasteiger partial charge in [-0.3, -0.25) is 0 Å². The SMILES string of the molecule is Sc1c2c(nc3cnnn13)CCCC2. The van der Waals surface area contributed by atoms with Crippen LogP contribution in [0.25, 0.3) is 5.65 Å².